The molecule has 1 fully saturated rings. The third-order valence-corrected chi connectivity index (χ3v) is 4.03. The van der Waals surface area contributed by atoms with E-state index in [0.29, 0.717) is 10.0 Å². The molecule has 3 nitrogen and oxygen atoms in total. The van der Waals surface area contributed by atoms with Crippen molar-refractivity contribution in [3.05, 3.63) is 52.3 Å². The molecule has 0 amide bonds. The predicted molar refractivity (Wildman–Crippen MR) is 81.9 cm³/mol. The van der Waals surface area contributed by atoms with Crippen LogP contribution in [0, 0.1) is 0 Å². The van der Waals surface area contributed by atoms with Gasteiger partial charge in [-0.1, -0.05) is 23.2 Å². The molecule has 1 aliphatic rings. The lowest BCUT2D eigenvalue weighted by molar-refractivity contribution is 0.0334. The predicted octanol–water partition coefficient (Wildman–Crippen LogP) is 3.62. The molecule has 2 heterocycles. The zero-order valence-electron chi connectivity index (χ0n) is 11.1. The van der Waals surface area contributed by atoms with Crippen molar-refractivity contribution in [1.29, 1.82) is 0 Å². The lowest BCUT2D eigenvalue weighted by atomic mass is 10.3. The fourth-order valence-electron chi connectivity index (χ4n) is 2.45. The van der Waals surface area contributed by atoms with Crippen LogP contribution in [0.3, 0.4) is 0 Å². The van der Waals surface area contributed by atoms with Crippen LogP contribution >= 0.6 is 23.2 Å². The van der Waals surface area contributed by atoms with Crippen LogP contribution in [-0.2, 0) is 11.3 Å². The van der Waals surface area contributed by atoms with Gasteiger partial charge in [-0.2, -0.15) is 0 Å². The molecule has 0 unspecified atom stereocenters. The first-order chi connectivity index (χ1) is 9.74. The van der Waals surface area contributed by atoms with Gasteiger partial charge < -0.3 is 9.30 Å². The highest BCUT2D eigenvalue weighted by Gasteiger charge is 2.14. The van der Waals surface area contributed by atoms with E-state index in [1.165, 1.54) is 5.69 Å². The van der Waals surface area contributed by atoms with Crippen LogP contribution in [-0.4, -0.2) is 35.8 Å². The van der Waals surface area contributed by atoms with E-state index in [0.717, 1.165) is 38.5 Å². The molecule has 1 aliphatic heterocycles. The standard InChI is InChI=1S/C15H16Cl2N2O/c16-12-3-4-15(14(17)10-12)19-5-1-2-13(19)11-18-6-8-20-9-7-18/h1-5,10H,6-9,11H2. The van der Waals surface area contributed by atoms with Crippen LogP contribution in [0.2, 0.25) is 10.0 Å². The fraction of sp³-hybridized carbons (Fsp3) is 0.333. The molecule has 1 saturated heterocycles. The Morgan fingerprint density at radius 3 is 2.65 bits per heavy atom. The number of halogens is 2. The number of aromatic nitrogens is 1. The summed E-state index contributed by atoms with van der Waals surface area (Å²) in [5.41, 5.74) is 2.18. The Balaban J connectivity index is 1.85. The van der Waals surface area contributed by atoms with Crippen molar-refractivity contribution in [2.45, 2.75) is 6.54 Å². The Kier molecular flexibility index (Phi) is 4.32. The summed E-state index contributed by atoms with van der Waals surface area (Å²) in [4.78, 5) is 2.39. The van der Waals surface area contributed by atoms with Gasteiger partial charge in [0.05, 0.1) is 23.9 Å². The zero-order chi connectivity index (χ0) is 13.9. The molecule has 0 bridgehead atoms. The highest BCUT2D eigenvalue weighted by molar-refractivity contribution is 6.35. The molecule has 0 aliphatic carbocycles. The van der Waals surface area contributed by atoms with Gasteiger partial charge in [0.25, 0.3) is 0 Å². The first kappa shape index (κ1) is 14.0. The maximum atomic E-state index is 6.30. The van der Waals surface area contributed by atoms with Gasteiger partial charge in [0.2, 0.25) is 0 Å². The minimum atomic E-state index is 0.653. The van der Waals surface area contributed by atoms with Crippen LogP contribution in [0.5, 0.6) is 0 Å². The van der Waals surface area contributed by atoms with Gasteiger partial charge in [0, 0.05) is 36.5 Å². The van der Waals surface area contributed by atoms with Gasteiger partial charge in [-0.15, -0.1) is 0 Å². The summed E-state index contributed by atoms with van der Waals surface area (Å²) in [5, 5.41) is 1.32. The normalized spacial score (nSPS) is 16.5. The van der Waals surface area contributed by atoms with Gasteiger partial charge >= 0.3 is 0 Å². The molecule has 106 valence electrons. The van der Waals surface area contributed by atoms with Crippen molar-refractivity contribution in [3.63, 3.8) is 0 Å². The van der Waals surface area contributed by atoms with Gasteiger partial charge in [-0.25, -0.2) is 0 Å². The Morgan fingerprint density at radius 2 is 1.90 bits per heavy atom. The smallest absolute Gasteiger partial charge is 0.0661 e. The minimum Gasteiger partial charge on any atom is -0.379 e. The van der Waals surface area contributed by atoms with E-state index in [1.807, 2.05) is 24.4 Å². The monoisotopic (exact) mass is 310 g/mol. The van der Waals surface area contributed by atoms with Crippen molar-refractivity contribution in [1.82, 2.24) is 9.47 Å². The quantitative estimate of drug-likeness (QED) is 0.861. The second-order valence-electron chi connectivity index (χ2n) is 4.85. The summed E-state index contributed by atoms with van der Waals surface area (Å²) >= 11 is 12.3. The molecule has 1 aromatic heterocycles. The van der Waals surface area contributed by atoms with Crippen LogP contribution < -0.4 is 0 Å². The zero-order valence-corrected chi connectivity index (χ0v) is 12.6. The molecule has 0 N–H and O–H groups in total. The van der Waals surface area contributed by atoms with Crippen LogP contribution in [0.15, 0.2) is 36.5 Å². The molecule has 0 radical (unpaired) electrons. The Labute approximate surface area is 128 Å². The number of ether oxygens (including phenoxy) is 1. The lowest BCUT2D eigenvalue weighted by Gasteiger charge is -2.27. The summed E-state index contributed by atoms with van der Waals surface area (Å²) in [5.74, 6) is 0. The first-order valence-electron chi connectivity index (χ1n) is 6.66. The Bertz CT molecular complexity index is 591. The molecule has 1 aromatic carbocycles. The highest BCUT2D eigenvalue weighted by atomic mass is 35.5. The van der Waals surface area contributed by atoms with E-state index in [2.05, 4.69) is 15.5 Å². The first-order valence-corrected chi connectivity index (χ1v) is 7.41. The number of benzene rings is 1. The summed E-state index contributed by atoms with van der Waals surface area (Å²) in [6.45, 7) is 4.46. The Morgan fingerprint density at radius 1 is 1.10 bits per heavy atom. The van der Waals surface area contributed by atoms with E-state index < -0.39 is 0 Å². The molecule has 0 atom stereocenters. The number of morpholine rings is 1. The molecule has 2 aromatic rings. The van der Waals surface area contributed by atoms with E-state index in [-0.39, 0.29) is 0 Å². The molecule has 5 heteroatoms. The summed E-state index contributed by atoms with van der Waals surface area (Å²) < 4.78 is 7.50. The lowest BCUT2D eigenvalue weighted by Crippen LogP contribution is -2.36. The number of hydrogen-bond acceptors (Lipinski definition) is 2. The maximum absolute atomic E-state index is 6.30. The molecule has 20 heavy (non-hydrogen) atoms. The van der Waals surface area contributed by atoms with E-state index in [4.69, 9.17) is 27.9 Å². The average Bonchev–Trinajstić information content (AvgIpc) is 2.88. The fourth-order valence-corrected chi connectivity index (χ4v) is 2.94. The molecule has 0 spiro atoms. The number of nitrogens with zero attached hydrogens (tertiary/aromatic N) is 2. The van der Waals surface area contributed by atoms with Crippen molar-refractivity contribution in [2.75, 3.05) is 26.3 Å². The second kappa shape index (κ2) is 6.19. The van der Waals surface area contributed by atoms with E-state index in [9.17, 15) is 0 Å². The minimum absolute atomic E-state index is 0.653. The van der Waals surface area contributed by atoms with Crippen molar-refractivity contribution >= 4 is 23.2 Å². The van der Waals surface area contributed by atoms with Gasteiger partial charge in [-0.3, -0.25) is 4.90 Å². The highest BCUT2D eigenvalue weighted by Crippen LogP contribution is 2.26. The summed E-state index contributed by atoms with van der Waals surface area (Å²) in [6.07, 6.45) is 2.03. The van der Waals surface area contributed by atoms with Crippen LogP contribution in [0.1, 0.15) is 5.69 Å². The molecular weight excluding hydrogens is 295 g/mol. The number of rotatable bonds is 3. The Hall–Kier alpha value is -1.00. The van der Waals surface area contributed by atoms with Gasteiger partial charge in [0.1, 0.15) is 0 Å². The average molecular weight is 311 g/mol. The summed E-state index contributed by atoms with van der Waals surface area (Å²) in [6, 6.07) is 9.76. The topological polar surface area (TPSA) is 17.4 Å². The van der Waals surface area contributed by atoms with Gasteiger partial charge in [-0.05, 0) is 30.3 Å². The van der Waals surface area contributed by atoms with Crippen molar-refractivity contribution < 1.29 is 4.74 Å². The molecular formula is C15H16Cl2N2O. The van der Waals surface area contributed by atoms with E-state index in [1.54, 1.807) is 6.07 Å². The van der Waals surface area contributed by atoms with Crippen LogP contribution in [0.25, 0.3) is 5.69 Å². The van der Waals surface area contributed by atoms with Crippen molar-refractivity contribution in [3.8, 4) is 5.69 Å². The largest absolute Gasteiger partial charge is 0.379 e. The SMILES string of the molecule is Clc1ccc(-n2cccc2CN2CCOCC2)c(Cl)c1. The van der Waals surface area contributed by atoms with Gasteiger partial charge in [0.15, 0.2) is 0 Å². The second-order valence-corrected chi connectivity index (χ2v) is 5.70. The maximum Gasteiger partial charge on any atom is 0.0661 e. The van der Waals surface area contributed by atoms with Crippen LogP contribution in [0.4, 0.5) is 0 Å². The van der Waals surface area contributed by atoms with E-state index >= 15 is 0 Å². The molecule has 0 saturated carbocycles. The van der Waals surface area contributed by atoms with Crippen molar-refractivity contribution in [2.24, 2.45) is 0 Å². The third kappa shape index (κ3) is 3.01. The molecule has 3 rings (SSSR count). The summed E-state index contributed by atoms with van der Waals surface area (Å²) in [7, 11) is 0. The number of hydrogen-bond donors (Lipinski definition) is 0. The third-order valence-electron chi connectivity index (χ3n) is 3.49.